The van der Waals surface area contributed by atoms with Crippen molar-refractivity contribution in [1.82, 2.24) is 5.43 Å². The topological polar surface area (TPSA) is 90.8 Å². The lowest BCUT2D eigenvalue weighted by molar-refractivity contribution is -0.379. The van der Waals surface area contributed by atoms with Gasteiger partial charge in [0.05, 0.1) is 12.8 Å². The maximum absolute atomic E-state index is 12.1. The molecule has 0 saturated carbocycles. The van der Waals surface area contributed by atoms with Crippen LogP contribution in [-0.4, -0.2) is 19.2 Å². The molecule has 1 amide bonds. The molecular weight excluding hydrogens is 387 g/mol. The largest absolute Gasteiger partial charge is 0.496 e. The van der Waals surface area contributed by atoms with Crippen molar-refractivity contribution < 1.29 is 14.5 Å². The Morgan fingerprint density at radius 3 is 2.72 bits per heavy atom. The monoisotopic (exact) mass is 399 g/mol. The van der Waals surface area contributed by atoms with Gasteiger partial charge in [-0.15, -0.1) is 0 Å². The molecular formula is C16H14Cl3N4O2+. The van der Waals surface area contributed by atoms with E-state index in [9.17, 15) is 4.79 Å². The van der Waals surface area contributed by atoms with E-state index in [-0.39, 0.29) is 26.6 Å². The molecule has 6 nitrogen and oxygen atoms in total. The van der Waals surface area contributed by atoms with Crippen molar-refractivity contribution in [3.8, 4) is 5.75 Å². The highest BCUT2D eigenvalue weighted by molar-refractivity contribution is 6.45. The molecule has 130 valence electrons. The van der Waals surface area contributed by atoms with E-state index >= 15 is 0 Å². The fraction of sp³-hybridized carbons (Fsp3) is 0.0625. The summed E-state index contributed by atoms with van der Waals surface area (Å²) in [5.74, 6) is 0.112. The molecule has 1 heterocycles. The number of ether oxygens (including phenoxy) is 1. The number of anilines is 1. The van der Waals surface area contributed by atoms with E-state index in [1.165, 1.54) is 6.21 Å². The first-order valence-electron chi connectivity index (χ1n) is 6.94. The molecule has 0 unspecified atom stereocenters. The summed E-state index contributed by atoms with van der Waals surface area (Å²) in [4.78, 5) is 14.6. The maximum atomic E-state index is 12.1. The number of carbonyl (C=O) groups excluding carboxylic acids is 1. The fourth-order valence-electron chi connectivity index (χ4n) is 1.87. The number of allylic oxidation sites excluding steroid dienone is 1. The first-order valence-corrected chi connectivity index (χ1v) is 8.07. The van der Waals surface area contributed by atoms with Gasteiger partial charge in [0, 0.05) is 11.8 Å². The summed E-state index contributed by atoms with van der Waals surface area (Å²) < 4.78 is 5.22. The highest BCUT2D eigenvalue weighted by Gasteiger charge is 2.25. The maximum Gasteiger partial charge on any atom is 0.337 e. The second kappa shape index (κ2) is 8.71. The molecule has 0 fully saturated rings. The zero-order valence-electron chi connectivity index (χ0n) is 13.0. The minimum absolute atomic E-state index is 0.00812. The minimum atomic E-state index is -0.614. The van der Waals surface area contributed by atoms with Crippen molar-refractivity contribution in [2.45, 2.75) is 0 Å². The minimum Gasteiger partial charge on any atom is -0.496 e. The standard InChI is InChI=1S/C16H13Cl3N4O2/c1-25-10-7-3-2-5-9(10)6-4-8-21-23-16(24)14-11(17)13(20)12(18)15(19)22-14/h2-8H,1H3,(H2,20,22)(H,23,24)/p+1/b6-4+,21-8+. The molecule has 4 N–H and O–H groups in total. The summed E-state index contributed by atoms with van der Waals surface area (Å²) in [6.45, 7) is 0. The Hall–Kier alpha value is -2.28. The van der Waals surface area contributed by atoms with Gasteiger partial charge in [0.1, 0.15) is 15.8 Å². The number of halogens is 3. The van der Waals surface area contributed by atoms with E-state index in [0.717, 1.165) is 11.3 Å². The van der Waals surface area contributed by atoms with E-state index < -0.39 is 5.91 Å². The van der Waals surface area contributed by atoms with Crippen molar-refractivity contribution in [1.29, 1.82) is 0 Å². The van der Waals surface area contributed by atoms with Gasteiger partial charge in [-0.3, -0.25) is 4.79 Å². The van der Waals surface area contributed by atoms with Gasteiger partial charge in [-0.05, 0) is 29.8 Å². The van der Waals surface area contributed by atoms with E-state index in [2.05, 4.69) is 15.5 Å². The summed E-state index contributed by atoms with van der Waals surface area (Å²) in [5, 5.41) is 3.81. The average Bonchev–Trinajstić information content (AvgIpc) is 2.62. The summed E-state index contributed by atoms with van der Waals surface area (Å²) in [6, 6.07) is 7.47. The molecule has 0 bridgehead atoms. The van der Waals surface area contributed by atoms with Gasteiger partial charge in [-0.25, -0.2) is 5.43 Å². The number of H-pyrrole nitrogens is 1. The molecule has 1 aromatic carbocycles. The number of nitrogens with two attached hydrogens (primary N) is 1. The van der Waals surface area contributed by atoms with Gasteiger partial charge in [-0.1, -0.05) is 41.4 Å². The SMILES string of the molecule is COc1ccccc1/C=C/C=N/NC(=O)c1[nH+]c(Cl)c(Cl)c(N)c1Cl. The third-order valence-electron chi connectivity index (χ3n) is 3.09. The third kappa shape index (κ3) is 4.63. The van der Waals surface area contributed by atoms with Crippen LogP contribution >= 0.6 is 34.8 Å². The van der Waals surface area contributed by atoms with Crippen molar-refractivity contribution in [2.75, 3.05) is 12.8 Å². The van der Waals surface area contributed by atoms with Crippen LogP contribution in [0.3, 0.4) is 0 Å². The lowest BCUT2D eigenvalue weighted by Crippen LogP contribution is -2.28. The van der Waals surface area contributed by atoms with Gasteiger partial charge in [0.2, 0.25) is 0 Å². The predicted molar refractivity (Wildman–Crippen MR) is 100 cm³/mol. The zero-order valence-corrected chi connectivity index (χ0v) is 15.3. The molecule has 25 heavy (non-hydrogen) atoms. The normalized spacial score (nSPS) is 11.2. The van der Waals surface area contributed by atoms with Gasteiger partial charge >= 0.3 is 5.91 Å². The highest BCUT2D eigenvalue weighted by Crippen LogP contribution is 2.31. The second-order valence-corrected chi connectivity index (χ2v) is 5.81. The summed E-state index contributed by atoms with van der Waals surface area (Å²) in [6.07, 6.45) is 4.83. The quantitative estimate of drug-likeness (QED) is 0.457. The van der Waals surface area contributed by atoms with Crippen LogP contribution in [0.15, 0.2) is 35.4 Å². The number of hydrogen-bond acceptors (Lipinski definition) is 4. The lowest BCUT2D eigenvalue weighted by atomic mass is 10.2. The number of benzene rings is 1. The number of amides is 1. The number of nitrogens with one attached hydrogen (secondary N) is 2. The Balaban J connectivity index is 2.05. The van der Waals surface area contributed by atoms with E-state index in [0.29, 0.717) is 0 Å². The van der Waals surface area contributed by atoms with Crippen LogP contribution in [0.1, 0.15) is 16.1 Å². The van der Waals surface area contributed by atoms with Gasteiger partial charge < -0.3 is 10.5 Å². The number of para-hydroxylation sites is 1. The Kier molecular flexibility index (Phi) is 6.64. The molecule has 2 rings (SSSR count). The third-order valence-corrected chi connectivity index (χ3v) is 4.25. The van der Waals surface area contributed by atoms with Crippen molar-refractivity contribution in [3.63, 3.8) is 0 Å². The van der Waals surface area contributed by atoms with Crippen LogP contribution in [0.25, 0.3) is 6.08 Å². The Bertz CT molecular complexity index is 854. The molecule has 0 atom stereocenters. The number of hydrogen-bond donors (Lipinski definition) is 2. The zero-order chi connectivity index (χ0) is 18.4. The van der Waals surface area contributed by atoms with Crippen LogP contribution in [0, 0.1) is 0 Å². The first kappa shape index (κ1) is 19.1. The number of aromatic amines is 1. The summed E-state index contributed by atoms with van der Waals surface area (Å²) in [5.41, 5.74) is 8.82. The Morgan fingerprint density at radius 2 is 2.00 bits per heavy atom. The number of methoxy groups -OCH3 is 1. The van der Waals surface area contributed by atoms with Crippen LogP contribution in [-0.2, 0) is 0 Å². The van der Waals surface area contributed by atoms with Crippen LogP contribution in [0.5, 0.6) is 5.75 Å². The van der Waals surface area contributed by atoms with Crippen LogP contribution in [0.4, 0.5) is 5.69 Å². The summed E-state index contributed by atoms with van der Waals surface area (Å²) >= 11 is 17.7. The molecule has 9 heteroatoms. The number of nitrogen functional groups attached to an aromatic ring is 1. The van der Waals surface area contributed by atoms with Crippen LogP contribution < -0.4 is 20.9 Å². The Morgan fingerprint density at radius 1 is 1.28 bits per heavy atom. The second-order valence-electron chi connectivity index (χ2n) is 4.68. The number of rotatable bonds is 5. The number of carbonyl (C=O) groups is 1. The van der Waals surface area contributed by atoms with Gasteiger partial charge in [0.15, 0.2) is 0 Å². The van der Waals surface area contributed by atoms with E-state index in [1.54, 1.807) is 19.3 Å². The van der Waals surface area contributed by atoms with Crippen molar-refractivity contribution in [2.24, 2.45) is 5.10 Å². The predicted octanol–water partition coefficient (Wildman–Crippen LogP) is 3.48. The lowest BCUT2D eigenvalue weighted by Gasteiger charge is -2.03. The molecule has 0 radical (unpaired) electrons. The average molecular weight is 401 g/mol. The molecule has 0 saturated heterocycles. The van der Waals surface area contributed by atoms with E-state index in [4.69, 9.17) is 45.3 Å². The summed E-state index contributed by atoms with van der Waals surface area (Å²) in [7, 11) is 1.59. The molecule has 0 spiro atoms. The first-order chi connectivity index (χ1) is 12.0. The van der Waals surface area contributed by atoms with Gasteiger partial charge in [0.25, 0.3) is 10.8 Å². The fourth-order valence-corrected chi connectivity index (χ4v) is 2.48. The van der Waals surface area contributed by atoms with Crippen molar-refractivity contribution in [3.05, 3.63) is 56.8 Å². The van der Waals surface area contributed by atoms with Crippen LogP contribution in [0.2, 0.25) is 15.2 Å². The van der Waals surface area contributed by atoms with Gasteiger partial charge in [-0.2, -0.15) is 10.1 Å². The molecule has 1 aromatic heterocycles. The molecule has 0 aliphatic carbocycles. The van der Waals surface area contributed by atoms with E-state index in [1.807, 2.05) is 24.3 Å². The Labute approximate surface area is 159 Å². The molecule has 0 aliphatic heterocycles. The smallest absolute Gasteiger partial charge is 0.337 e. The number of pyridine rings is 1. The highest BCUT2D eigenvalue weighted by atomic mass is 35.5. The molecule has 0 aliphatic rings. The van der Waals surface area contributed by atoms with Crippen molar-refractivity contribution >= 4 is 58.7 Å². The number of aromatic nitrogens is 1. The number of nitrogens with zero attached hydrogens (tertiary/aromatic N) is 1. The molecule has 2 aromatic rings. The number of hydrazone groups is 1.